The van der Waals surface area contributed by atoms with Crippen LogP contribution in [-0.2, 0) is 0 Å². The summed E-state index contributed by atoms with van der Waals surface area (Å²) >= 11 is 8.18. The molecule has 2 N–H and O–H groups in total. The zero-order valence-electron chi connectivity index (χ0n) is 16.3. The Balaban J connectivity index is 1.66. The van der Waals surface area contributed by atoms with Crippen LogP contribution in [0, 0.1) is 11.7 Å². The van der Waals surface area contributed by atoms with Gasteiger partial charge in [0.15, 0.2) is 0 Å². The number of nitrogens with zero attached hydrogens (tertiary/aromatic N) is 1. The fraction of sp³-hybridized carbons (Fsp3) is 0.409. The minimum absolute atomic E-state index is 0.353. The molecule has 1 atom stereocenters. The minimum Gasteiger partial charge on any atom is -0.478 e. The Hall–Kier alpha value is -1.76. The first-order valence-electron chi connectivity index (χ1n) is 9.94. The fourth-order valence-electron chi connectivity index (χ4n) is 4.35. The van der Waals surface area contributed by atoms with E-state index in [0.29, 0.717) is 28.1 Å². The Morgan fingerprint density at radius 2 is 2.00 bits per heavy atom. The van der Waals surface area contributed by atoms with Crippen molar-refractivity contribution < 1.29 is 14.3 Å². The second kappa shape index (κ2) is 8.54. The number of nitrogens with one attached hydrogen (secondary N) is 1. The van der Waals surface area contributed by atoms with Crippen molar-refractivity contribution in [1.29, 1.82) is 0 Å². The molecule has 2 aliphatic rings. The van der Waals surface area contributed by atoms with Crippen LogP contribution in [0.3, 0.4) is 0 Å². The third-order valence-electron chi connectivity index (χ3n) is 5.98. The highest BCUT2D eigenvalue weighted by Gasteiger charge is 2.28. The van der Waals surface area contributed by atoms with Crippen LogP contribution in [-0.4, -0.2) is 30.7 Å². The molecule has 1 fully saturated rings. The van der Waals surface area contributed by atoms with E-state index in [4.69, 9.17) is 11.6 Å². The van der Waals surface area contributed by atoms with E-state index in [1.807, 2.05) is 12.1 Å². The van der Waals surface area contributed by atoms with Gasteiger partial charge in [-0.25, -0.2) is 9.18 Å². The lowest BCUT2D eigenvalue weighted by molar-refractivity contribution is 0.0692. The SMILES string of the molecule is CN1C[C@@H](C2CCCCC2)NSc2cc(-c3ccc(F)c(C(=O)O)c3)c(Cl)cc21. The molecule has 0 aromatic heterocycles. The first-order chi connectivity index (χ1) is 13.9. The number of carboxylic acids is 1. The van der Waals surface area contributed by atoms with Gasteiger partial charge in [-0.2, -0.15) is 0 Å². The number of aromatic carboxylic acids is 1. The average molecular weight is 435 g/mol. The zero-order chi connectivity index (χ0) is 20.5. The maximum absolute atomic E-state index is 13.8. The second-order valence-electron chi connectivity index (χ2n) is 7.90. The van der Waals surface area contributed by atoms with Gasteiger partial charge in [-0.1, -0.05) is 36.9 Å². The summed E-state index contributed by atoms with van der Waals surface area (Å²) in [6, 6.07) is 8.39. The molecule has 2 aromatic rings. The number of anilines is 1. The van der Waals surface area contributed by atoms with E-state index >= 15 is 0 Å². The van der Waals surface area contributed by atoms with Gasteiger partial charge in [0.05, 0.1) is 16.3 Å². The molecule has 0 radical (unpaired) electrons. The van der Waals surface area contributed by atoms with Gasteiger partial charge in [0, 0.05) is 30.1 Å². The van der Waals surface area contributed by atoms with Gasteiger partial charge in [0.25, 0.3) is 0 Å². The van der Waals surface area contributed by atoms with Crippen molar-refractivity contribution in [3.63, 3.8) is 0 Å². The van der Waals surface area contributed by atoms with E-state index in [1.54, 1.807) is 18.0 Å². The van der Waals surface area contributed by atoms with Crippen LogP contribution in [0.15, 0.2) is 35.2 Å². The zero-order valence-corrected chi connectivity index (χ0v) is 17.8. The molecule has 1 aliphatic carbocycles. The lowest BCUT2D eigenvalue weighted by atomic mass is 9.84. The Bertz CT molecular complexity index is 933. The minimum atomic E-state index is -1.29. The van der Waals surface area contributed by atoms with Crippen LogP contribution in [0.2, 0.25) is 5.02 Å². The van der Waals surface area contributed by atoms with Crippen molar-refractivity contribution in [2.45, 2.75) is 43.0 Å². The number of hydrogen-bond acceptors (Lipinski definition) is 4. The van der Waals surface area contributed by atoms with Gasteiger partial charge in [0.2, 0.25) is 0 Å². The number of benzene rings is 2. The first-order valence-corrected chi connectivity index (χ1v) is 11.1. The summed E-state index contributed by atoms with van der Waals surface area (Å²) in [6.45, 7) is 0.917. The van der Waals surface area contributed by atoms with Gasteiger partial charge < -0.3 is 10.0 Å². The summed E-state index contributed by atoms with van der Waals surface area (Å²) in [7, 11) is 2.08. The van der Waals surface area contributed by atoms with Crippen molar-refractivity contribution in [3.05, 3.63) is 46.7 Å². The first kappa shape index (κ1) is 20.5. The van der Waals surface area contributed by atoms with E-state index in [0.717, 1.165) is 17.1 Å². The normalized spacial score (nSPS) is 20.2. The molecule has 0 saturated heterocycles. The number of fused-ring (bicyclic) bond motifs is 1. The summed E-state index contributed by atoms with van der Waals surface area (Å²) in [4.78, 5) is 14.6. The lowest BCUT2D eigenvalue weighted by Gasteiger charge is -2.32. The number of hydrogen-bond donors (Lipinski definition) is 2. The van der Waals surface area contributed by atoms with Gasteiger partial charge in [-0.15, -0.1) is 0 Å². The summed E-state index contributed by atoms with van der Waals surface area (Å²) in [5.41, 5.74) is 1.99. The molecule has 154 valence electrons. The molecule has 4 nitrogen and oxygen atoms in total. The molecule has 1 aliphatic heterocycles. The molecule has 0 spiro atoms. The molecule has 7 heteroatoms. The summed E-state index contributed by atoms with van der Waals surface area (Å²) in [6.07, 6.45) is 6.47. The molecule has 0 bridgehead atoms. The number of likely N-dealkylation sites (N-methyl/N-ethyl adjacent to an activating group) is 1. The largest absolute Gasteiger partial charge is 0.478 e. The van der Waals surface area contributed by atoms with E-state index in [1.165, 1.54) is 44.2 Å². The summed E-state index contributed by atoms with van der Waals surface area (Å²) < 4.78 is 17.5. The van der Waals surface area contributed by atoms with E-state index in [2.05, 4.69) is 16.7 Å². The topological polar surface area (TPSA) is 52.6 Å². The number of halogens is 2. The second-order valence-corrected chi connectivity index (χ2v) is 9.19. The Kier molecular flexibility index (Phi) is 6.04. The van der Waals surface area contributed by atoms with Crippen LogP contribution in [0.4, 0.5) is 10.1 Å². The third kappa shape index (κ3) is 4.25. The van der Waals surface area contributed by atoms with Crippen molar-refractivity contribution in [3.8, 4) is 11.1 Å². The molecule has 1 saturated carbocycles. The van der Waals surface area contributed by atoms with Crippen LogP contribution >= 0.6 is 23.5 Å². The Labute approximate surface area is 179 Å². The van der Waals surface area contributed by atoms with Gasteiger partial charge in [0.1, 0.15) is 5.82 Å². The van der Waals surface area contributed by atoms with Crippen molar-refractivity contribution in [2.75, 3.05) is 18.5 Å². The molecule has 4 rings (SSSR count). The molecule has 2 aromatic carbocycles. The monoisotopic (exact) mass is 434 g/mol. The third-order valence-corrected chi connectivity index (χ3v) is 7.26. The average Bonchev–Trinajstić information content (AvgIpc) is 2.87. The molecule has 29 heavy (non-hydrogen) atoms. The maximum Gasteiger partial charge on any atom is 0.338 e. The quantitative estimate of drug-likeness (QED) is 0.594. The van der Waals surface area contributed by atoms with Crippen LogP contribution in [0.25, 0.3) is 11.1 Å². The highest BCUT2D eigenvalue weighted by atomic mass is 35.5. The van der Waals surface area contributed by atoms with Crippen molar-refractivity contribution in [1.82, 2.24) is 4.72 Å². The lowest BCUT2D eigenvalue weighted by Crippen LogP contribution is -2.41. The molecule has 0 unspecified atom stereocenters. The molecular formula is C22H24ClFN2O2S. The predicted molar refractivity (Wildman–Crippen MR) is 116 cm³/mol. The molecule has 1 heterocycles. The van der Waals surface area contributed by atoms with E-state index in [-0.39, 0.29) is 5.56 Å². The number of rotatable bonds is 3. The maximum atomic E-state index is 13.8. The van der Waals surface area contributed by atoms with Crippen molar-refractivity contribution in [2.24, 2.45) is 5.92 Å². The van der Waals surface area contributed by atoms with Gasteiger partial charge >= 0.3 is 5.97 Å². The van der Waals surface area contributed by atoms with Gasteiger partial charge in [-0.3, -0.25) is 4.72 Å². The smallest absolute Gasteiger partial charge is 0.338 e. The predicted octanol–water partition coefficient (Wildman–Crippen LogP) is 5.84. The van der Waals surface area contributed by atoms with Crippen LogP contribution in [0.5, 0.6) is 0 Å². The Morgan fingerprint density at radius 1 is 1.24 bits per heavy atom. The highest BCUT2D eigenvalue weighted by molar-refractivity contribution is 7.97. The van der Waals surface area contributed by atoms with Crippen LogP contribution in [0.1, 0.15) is 42.5 Å². The summed E-state index contributed by atoms with van der Waals surface area (Å²) in [5, 5.41) is 9.75. The number of carboxylic acid groups (broad SMARTS) is 1. The molecular weight excluding hydrogens is 411 g/mol. The molecule has 0 amide bonds. The van der Waals surface area contributed by atoms with Crippen LogP contribution < -0.4 is 9.62 Å². The van der Waals surface area contributed by atoms with Gasteiger partial charge in [-0.05, 0) is 60.5 Å². The summed E-state index contributed by atoms with van der Waals surface area (Å²) in [5.74, 6) is -1.36. The van der Waals surface area contributed by atoms with Crippen molar-refractivity contribution >= 4 is 35.2 Å². The Morgan fingerprint density at radius 3 is 2.72 bits per heavy atom. The highest BCUT2D eigenvalue weighted by Crippen LogP contribution is 2.41. The van der Waals surface area contributed by atoms with E-state index < -0.39 is 11.8 Å². The fourth-order valence-corrected chi connectivity index (χ4v) is 5.66. The number of carbonyl (C=O) groups is 1. The van der Waals surface area contributed by atoms with E-state index in [9.17, 15) is 14.3 Å². The standard InChI is InChI=1S/C22H24ClFN2O2S/c1-26-12-19(13-5-3-2-4-6-13)25-29-21-10-15(17(23)11-20(21)26)14-7-8-18(24)16(9-14)22(27)28/h7-11,13,19,25H,2-6,12H2,1H3,(H,27,28)/t19-/m0/s1.